The van der Waals surface area contributed by atoms with Crippen molar-refractivity contribution in [2.75, 3.05) is 40.5 Å². The average Bonchev–Trinajstić information content (AvgIpc) is 3.09. The van der Waals surface area contributed by atoms with E-state index in [4.69, 9.17) is 9.47 Å². The highest BCUT2D eigenvalue weighted by molar-refractivity contribution is 14.0. The van der Waals surface area contributed by atoms with E-state index >= 15 is 0 Å². The number of nitrogens with zero attached hydrogens (tertiary/aromatic N) is 2. The Labute approximate surface area is 156 Å². The second-order valence-electron chi connectivity index (χ2n) is 7.61. The molecule has 23 heavy (non-hydrogen) atoms. The van der Waals surface area contributed by atoms with Crippen LogP contribution in [-0.2, 0) is 9.47 Å². The number of halogens is 1. The van der Waals surface area contributed by atoms with Crippen molar-refractivity contribution in [2.45, 2.75) is 44.2 Å². The minimum atomic E-state index is 0. The van der Waals surface area contributed by atoms with Gasteiger partial charge in [-0.3, -0.25) is 4.99 Å². The monoisotopic (exact) mass is 435 g/mol. The largest absolute Gasteiger partial charge is 0.381 e. The quantitative estimate of drug-likeness (QED) is 0.419. The second-order valence-corrected chi connectivity index (χ2v) is 7.61. The van der Waals surface area contributed by atoms with Crippen LogP contribution in [0, 0.1) is 17.3 Å². The van der Waals surface area contributed by atoms with E-state index in [9.17, 15) is 0 Å². The molecule has 0 aromatic heterocycles. The zero-order chi connectivity index (χ0) is 15.2. The molecule has 4 fully saturated rings. The van der Waals surface area contributed by atoms with Crippen LogP contribution in [0.2, 0.25) is 0 Å². The summed E-state index contributed by atoms with van der Waals surface area (Å²) in [6.45, 7) is 3.79. The highest BCUT2D eigenvalue weighted by Gasteiger charge is 2.66. The number of rotatable bonds is 3. The fourth-order valence-electron chi connectivity index (χ4n) is 5.14. The molecule has 0 bridgehead atoms. The molecule has 132 valence electrons. The minimum absolute atomic E-state index is 0. The van der Waals surface area contributed by atoms with Crippen molar-refractivity contribution in [1.29, 1.82) is 0 Å². The van der Waals surface area contributed by atoms with Gasteiger partial charge in [-0.25, -0.2) is 0 Å². The third-order valence-corrected chi connectivity index (χ3v) is 6.45. The first-order valence-electron chi connectivity index (χ1n) is 8.88. The number of nitrogens with one attached hydrogen (secondary N) is 1. The van der Waals surface area contributed by atoms with E-state index in [0.29, 0.717) is 29.4 Å². The van der Waals surface area contributed by atoms with Gasteiger partial charge in [-0.1, -0.05) is 6.42 Å². The van der Waals surface area contributed by atoms with Crippen molar-refractivity contribution >= 4 is 29.9 Å². The molecule has 4 rings (SSSR count). The molecule has 6 heteroatoms. The number of fused-ring (bicyclic) bond motifs is 2. The maximum absolute atomic E-state index is 6.01. The smallest absolute Gasteiger partial charge is 0.193 e. The van der Waals surface area contributed by atoms with Crippen molar-refractivity contribution in [2.24, 2.45) is 22.2 Å². The predicted octanol–water partition coefficient (Wildman–Crippen LogP) is 2.11. The molecular formula is C17H30IN3O2. The normalized spacial score (nSPS) is 37.6. The number of hydrogen-bond acceptors (Lipinski definition) is 3. The van der Waals surface area contributed by atoms with Gasteiger partial charge in [0.2, 0.25) is 0 Å². The molecule has 4 unspecified atom stereocenters. The van der Waals surface area contributed by atoms with E-state index in [1.807, 2.05) is 7.05 Å². The SMILES string of the molecule is CN=C(NC1C2CCOC2C12CCC2)N(C)CC1CCOC1.I. The molecule has 2 heterocycles. The Morgan fingerprint density at radius 2 is 2.13 bits per heavy atom. The third-order valence-electron chi connectivity index (χ3n) is 6.45. The molecule has 2 saturated heterocycles. The number of hydrogen-bond donors (Lipinski definition) is 1. The molecular weight excluding hydrogens is 405 g/mol. The first-order chi connectivity index (χ1) is 10.7. The van der Waals surface area contributed by atoms with E-state index < -0.39 is 0 Å². The Balaban J connectivity index is 0.00000156. The van der Waals surface area contributed by atoms with E-state index in [0.717, 1.165) is 32.3 Å². The molecule has 2 saturated carbocycles. The van der Waals surface area contributed by atoms with Crippen LogP contribution in [0.4, 0.5) is 0 Å². The molecule has 1 N–H and O–H groups in total. The first kappa shape index (κ1) is 17.7. The van der Waals surface area contributed by atoms with Crippen molar-refractivity contribution in [3.63, 3.8) is 0 Å². The Morgan fingerprint density at radius 1 is 1.30 bits per heavy atom. The summed E-state index contributed by atoms with van der Waals surface area (Å²) in [6.07, 6.45) is 6.91. The van der Waals surface area contributed by atoms with Gasteiger partial charge >= 0.3 is 0 Å². The molecule has 1 spiro atoms. The summed E-state index contributed by atoms with van der Waals surface area (Å²) in [5.41, 5.74) is 0.411. The van der Waals surface area contributed by atoms with Gasteiger partial charge in [0, 0.05) is 57.1 Å². The Bertz CT molecular complexity index is 449. The zero-order valence-electron chi connectivity index (χ0n) is 14.3. The lowest BCUT2D eigenvalue weighted by Crippen LogP contribution is -2.72. The Kier molecular flexibility index (Phi) is 5.43. The van der Waals surface area contributed by atoms with Crippen LogP contribution < -0.4 is 5.32 Å². The standard InChI is InChI=1S/C17H29N3O2.HI/c1-18-16(20(2)10-12-4-8-21-11-12)19-14-13-5-9-22-15(13)17(14)6-3-7-17;/h12-15H,3-11H2,1-2H3,(H,18,19);1H. The molecule has 2 aliphatic carbocycles. The summed E-state index contributed by atoms with van der Waals surface area (Å²) in [4.78, 5) is 6.83. The molecule has 0 aromatic rings. The van der Waals surface area contributed by atoms with Crippen LogP contribution in [0.5, 0.6) is 0 Å². The highest BCUT2D eigenvalue weighted by Crippen LogP contribution is 2.62. The minimum Gasteiger partial charge on any atom is -0.381 e. The van der Waals surface area contributed by atoms with Crippen molar-refractivity contribution in [3.05, 3.63) is 0 Å². The van der Waals surface area contributed by atoms with Gasteiger partial charge in [0.15, 0.2) is 5.96 Å². The van der Waals surface area contributed by atoms with E-state index in [1.54, 1.807) is 0 Å². The van der Waals surface area contributed by atoms with Crippen molar-refractivity contribution in [1.82, 2.24) is 10.2 Å². The highest BCUT2D eigenvalue weighted by atomic mass is 127. The number of aliphatic imine (C=N–C) groups is 1. The summed E-state index contributed by atoms with van der Waals surface area (Å²) in [6, 6.07) is 0.565. The van der Waals surface area contributed by atoms with E-state index in [2.05, 4.69) is 22.3 Å². The number of ether oxygens (including phenoxy) is 2. The van der Waals surface area contributed by atoms with E-state index in [-0.39, 0.29) is 24.0 Å². The second kappa shape index (κ2) is 7.04. The summed E-state index contributed by atoms with van der Waals surface area (Å²) >= 11 is 0. The molecule has 5 nitrogen and oxygen atoms in total. The lowest BCUT2D eigenvalue weighted by molar-refractivity contribution is -0.171. The Morgan fingerprint density at radius 3 is 2.74 bits per heavy atom. The van der Waals surface area contributed by atoms with Gasteiger partial charge in [0.25, 0.3) is 0 Å². The summed E-state index contributed by atoms with van der Waals surface area (Å²) in [5, 5.41) is 3.80. The van der Waals surface area contributed by atoms with Gasteiger partial charge in [0.05, 0.1) is 12.7 Å². The predicted molar refractivity (Wildman–Crippen MR) is 101 cm³/mol. The molecule has 0 radical (unpaired) electrons. The average molecular weight is 435 g/mol. The van der Waals surface area contributed by atoms with Gasteiger partial charge < -0.3 is 19.7 Å². The summed E-state index contributed by atoms with van der Waals surface area (Å²) < 4.78 is 11.5. The van der Waals surface area contributed by atoms with Crippen LogP contribution in [0.3, 0.4) is 0 Å². The third kappa shape index (κ3) is 2.88. The number of guanidine groups is 1. The van der Waals surface area contributed by atoms with Crippen LogP contribution in [-0.4, -0.2) is 63.5 Å². The Hall–Kier alpha value is -0.0800. The molecule has 4 aliphatic rings. The molecule has 0 amide bonds. The molecule has 2 aliphatic heterocycles. The van der Waals surface area contributed by atoms with Crippen molar-refractivity contribution < 1.29 is 9.47 Å². The topological polar surface area (TPSA) is 46.1 Å². The lowest BCUT2D eigenvalue weighted by Gasteiger charge is -2.63. The maximum atomic E-state index is 6.01. The van der Waals surface area contributed by atoms with Crippen LogP contribution >= 0.6 is 24.0 Å². The van der Waals surface area contributed by atoms with Gasteiger partial charge in [-0.15, -0.1) is 24.0 Å². The van der Waals surface area contributed by atoms with Gasteiger partial charge in [-0.05, 0) is 25.7 Å². The molecule has 0 aromatic carbocycles. The maximum Gasteiger partial charge on any atom is 0.193 e. The van der Waals surface area contributed by atoms with E-state index in [1.165, 1.54) is 32.1 Å². The summed E-state index contributed by atoms with van der Waals surface area (Å²) in [7, 11) is 4.06. The van der Waals surface area contributed by atoms with Crippen LogP contribution in [0.15, 0.2) is 4.99 Å². The first-order valence-corrected chi connectivity index (χ1v) is 8.88. The van der Waals surface area contributed by atoms with Crippen molar-refractivity contribution in [3.8, 4) is 0 Å². The van der Waals surface area contributed by atoms with Gasteiger partial charge in [0.1, 0.15) is 0 Å². The lowest BCUT2D eigenvalue weighted by atomic mass is 9.46. The summed E-state index contributed by atoms with van der Waals surface area (Å²) in [5.74, 6) is 2.39. The fraction of sp³-hybridized carbons (Fsp3) is 0.941. The van der Waals surface area contributed by atoms with Gasteiger partial charge in [-0.2, -0.15) is 0 Å². The van der Waals surface area contributed by atoms with Crippen LogP contribution in [0.25, 0.3) is 0 Å². The molecule has 4 atom stereocenters. The fourth-order valence-corrected chi connectivity index (χ4v) is 5.14. The van der Waals surface area contributed by atoms with Crippen LogP contribution in [0.1, 0.15) is 32.1 Å². The zero-order valence-corrected chi connectivity index (χ0v) is 16.6.